The first-order valence-electron chi connectivity index (χ1n) is 10.2. The highest BCUT2D eigenvalue weighted by Crippen LogP contribution is 2.38. The minimum atomic E-state index is -0.530. The third-order valence-corrected chi connectivity index (χ3v) is 6.08. The van der Waals surface area contributed by atoms with Crippen molar-refractivity contribution in [2.75, 3.05) is 5.32 Å². The molecule has 0 spiro atoms. The number of anilines is 1. The molecule has 29 heavy (non-hydrogen) atoms. The minimum Gasteiger partial charge on any atom is -0.369 e. The van der Waals surface area contributed by atoms with Gasteiger partial charge in [0.05, 0.1) is 5.92 Å². The third-order valence-electron chi connectivity index (χ3n) is 5.73. The molecule has 1 aliphatic rings. The SMILES string of the molecule is CCc1ccc(NC(=O)N[C@H]2CCCC[C@H]2C(C(N)=O)c2ccccc2Cl)cc1. The predicted octanol–water partition coefficient (Wildman–Crippen LogP) is 4.85. The fourth-order valence-corrected chi connectivity index (χ4v) is 4.47. The highest BCUT2D eigenvalue weighted by Gasteiger charge is 2.37. The first-order chi connectivity index (χ1) is 14.0. The molecule has 2 aromatic rings. The molecule has 0 saturated heterocycles. The van der Waals surface area contributed by atoms with Crippen molar-refractivity contribution in [1.29, 1.82) is 0 Å². The van der Waals surface area contributed by atoms with Crippen molar-refractivity contribution in [2.24, 2.45) is 11.7 Å². The molecule has 5 nitrogen and oxygen atoms in total. The van der Waals surface area contributed by atoms with Gasteiger partial charge in [-0.25, -0.2) is 4.79 Å². The van der Waals surface area contributed by atoms with Gasteiger partial charge in [0.2, 0.25) is 5.91 Å². The zero-order chi connectivity index (χ0) is 20.8. The molecule has 3 rings (SSSR count). The van der Waals surface area contributed by atoms with Gasteiger partial charge in [-0.05, 0) is 54.5 Å². The lowest BCUT2D eigenvalue weighted by molar-refractivity contribution is -0.121. The number of amides is 3. The van der Waals surface area contributed by atoms with Gasteiger partial charge in [0.1, 0.15) is 0 Å². The Balaban J connectivity index is 1.74. The number of rotatable bonds is 6. The molecule has 3 atom stereocenters. The van der Waals surface area contributed by atoms with Crippen molar-refractivity contribution in [3.05, 3.63) is 64.7 Å². The van der Waals surface area contributed by atoms with Gasteiger partial charge in [-0.2, -0.15) is 0 Å². The van der Waals surface area contributed by atoms with Gasteiger partial charge in [-0.15, -0.1) is 0 Å². The lowest BCUT2D eigenvalue weighted by Crippen LogP contribution is -2.48. The quantitative estimate of drug-likeness (QED) is 0.632. The summed E-state index contributed by atoms with van der Waals surface area (Å²) in [5.41, 5.74) is 8.47. The summed E-state index contributed by atoms with van der Waals surface area (Å²) in [6, 6.07) is 14.7. The number of hydrogen-bond donors (Lipinski definition) is 3. The van der Waals surface area contributed by atoms with Gasteiger partial charge in [-0.1, -0.05) is 61.7 Å². The van der Waals surface area contributed by atoms with E-state index in [9.17, 15) is 9.59 Å². The summed E-state index contributed by atoms with van der Waals surface area (Å²) in [4.78, 5) is 25.0. The van der Waals surface area contributed by atoms with Crippen LogP contribution in [0.2, 0.25) is 5.02 Å². The molecular weight excluding hydrogens is 386 g/mol. The number of urea groups is 1. The van der Waals surface area contributed by atoms with Crippen LogP contribution in [0.4, 0.5) is 10.5 Å². The van der Waals surface area contributed by atoms with E-state index in [1.807, 2.05) is 42.5 Å². The standard InChI is InChI=1S/C23H28ClN3O2/c1-2-15-11-13-16(14-12-15)26-23(29)27-20-10-6-4-8-18(20)21(22(25)28)17-7-3-5-9-19(17)24/h3,5,7,9,11-14,18,20-21H,2,4,6,8,10H2,1H3,(H2,25,28)(H2,26,27,29)/t18-,20+,21?/m1/s1. The third kappa shape index (κ3) is 5.30. The second-order valence-corrected chi connectivity index (χ2v) is 8.01. The Morgan fingerprint density at radius 1 is 1.10 bits per heavy atom. The summed E-state index contributed by atoms with van der Waals surface area (Å²) >= 11 is 6.36. The van der Waals surface area contributed by atoms with Crippen LogP contribution in [0.25, 0.3) is 0 Å². The first-order valence-corrected chi connectivity index (χ1v) is 10.6. The zero-order valence-electron chi connectivity index (χ0n) is 16.7. The van der Waals surface area contributed by atoms with E-state index in [1.165, 1.54) is 5.56 Å². The normalized spacial score (nSPS) is 19.9. The van der Waals surface area contributed by atoms with Crippen molar-refractivity contribution in [2.45, 2.75) is 51.0 Å². The number of primary amides is 1. The van der Waals surface area contributed by atoms with Crippen LogP contribution in [-0.4, -0.2) is 18.0 Å². The lowest BCUT2D eigenvalue weighted by atomic mass is 9.73. The van der Waals surface area contributed by atoms with E-state index >= 15 is 0 Å². The van der Waals surface area contributed by atoms with Crippen molar-refractivity contribution in [1.82, 2.24) is 5.32 Å². The van der Waals surface area contributed by atoms with Gasteiger partial charge in [0.25, 0.3) is 0 Å². The van der Waals surface area contributed by atoms with E-state index in [0.29, 0.717) is 5.02 Å². The smallest absolute Gasteiger partial charge is 0.319 e. The molecule has 154 valence electrons. The van der Waals surface area contributed by atoms with Crippen LogP contribution in [0.5, 0.6) is 0 Å². The fourth-order valence-electron chi connectivity index (χ4n) is 4.22. The summed E-state index contributed by atoms with van der Waals surface area (Å²) in [5.74, 6) is -1.03. The number of halogens is 1. The molecule has 0 heterocycles. The number of carbonyl (C=O) groups excluding carboxylic acids is 2. The summed E-state index contributed by atoms with van der Waals surface area (Å²) in [6.07, 6.45) is 4.57. The second-order valence-electron chi connectivity index (χ2n) is 7.61. The van der Waals surface area contributed by atoms with Crippen molar-refractivity contribution >= 4 is 29.2 Å². The molecule has 0 bridgehead atoms. The van der Waals surface area contributed by atoms with Crippen LogP contribution in [0, 0.1) is 5.92 Å². The Labute approximate surface area is 177 Å². The summed E-state index contributed by atoms with van der Waals surface area (Å²) in [7, 11) is 0. The molecule has 0 aromatic heterocycles. The summed E-state index contributed by atoms with van der Waals surface area (Å²) in [5, 5.41) is 6.49. The van der Waals surface area contributed by atoms with Crippen LogP contribution in [0.3, 0.4) is 0 Å². The topological polar surface area (TPSA) is 84.2 Å². The largest absolute Gasteiger partial charge is 0.369 e. The van der Waals surface area contributed by atoms with Gasteiger partial charge in [0.15, 0.2) is 0 Å². The number of nitrogens with one attached hydrogen (secondary N) is 2. The van der Waals surface area contributed by atoms with E-state index in [2.05, 4.69) is 17.6 Å². The molecule has 1 fully saturated rings. The van der Waals surface area contributed by atoms with E-state index in [0.717, 1.165) is 43.4 Å². The van der Waals surface area contributed by atoms with Gasteiger partial charge in [-0.3, -0.25) is 4.79 Å². The Hall–Kier alpha value is -2.53. The van der Waals surface area contributed by atoms with Crippen LogP contribution in [-0.2, 0) is 11.2 Å². The molecule has 4 N–H and O–H groups in total. The van der Waals surface area contributed by atoms with Crippen LogP contribution >= 0.6 is 11.6 Å². The number of hydrogen-bond acceptors (Lipinski definition) is 2. The highest BCUT2D eigenvalue weighted by atomic mass is 35.5. The molecule has 2 aromatic carbocycles. The van der Waals surface area contributed by atoms with Gasteiger partial charge >= 0.3 is 6.03 Å². The maximum atomic E-state index is 12.6. The monoisotopic (exact) mass is 413 g/mol. The maximum Gasteiger partial charge on any atom is 0.319 e. The minimum absolute atomic E-state index is 0.0885. The van der Waals surface area contributed by atoms with Crippen LogP contribution < -0.4 is 16.4 Å². The Morgan fingerprint density at radius 2 is 1.79 bits per heavy atom. The van der Waals surface area contributed by atoms with Gasteiger partial charge < -0.3 is 16.4 Å². The second kappa shape index (κ2) is 9.79. The lowest BCUT2D eigenvalue weighted by Gasteiger charge is -2.36. The molecular formula is C23H28ClN3O2. The molecule has 0 aliphatic heterocycles. The molecule has 1 saturated carbocycles. The van der Waals surface area contributed by atoms with Crippen molar-refractivity contribution < 1.29 is 9.59 Å². The van der Waals surface area contributed by atoms with E-state index in [1.54, 1.807) is 6.07 Å². The number of carbonyl (C=O) groups is 2. The highest BCUT2D eigenvalue weighted by molar-refractivity contribution is 6.31. The Kier molecular flexibility index (Phi) is 7.15. The molecule has 1 aliphatic carbocycles. The molecule has 6 heteroatoms. The van der Waals surface area contributed by atoms with Crippen LogP contribution in [0.1, 0.15) is 49.7 Å². The van der Waals surface area contributed by atoms with Crippen molar-refractivity contribution in [3.8, 4) is 0 Å². The van der Waals surface area contributed by atoms with Gasteiger partial charge in [0, 0.05) is 16.8 Å². The molecule has 3 amide bonds. The van der Waals surface area contributed by atoms with E-state index in [-0.39, 0.29) is 18.0 Å². The average Bonchev–Trinajstić information content (AvgIpc) is 2.71. The zero-order valence-corrected chi connectivity index (χ0v) is 17.4. The van der Waals surface area contributed by atoms with Crippen LogP contribution in [0.15, 0.2) is 48.5 Å². The van der Waals surface area contributed by atoms with E-state index in [4.69, 9.17) is 17.3 Å². The van der Waals surface area contributed by atoms with E-state index < -0.39 is 11.8 Å². The average molecular weight is 414 g/mol. The van der Waals surface area contributed by atoms with Crippen molar-refractivity contribution in [3.63, 3.8) is 0 Å². The maximum absolute atomic E-state index is 12.6. The predicted molar refractivity (Wildman–Crippen MR) is 117 cm³/mol. The summed E-state index contributed by atoms with van der Waals surface area (Å²) in [6.45, 7) is 2.09. The Bertz CT molecular complexity index is 853. The fraction of sp³-hybridized carbons (Fsp3) is 0.391. The summed E-state index contributed by atoms with van der Waals surface area (Å²) < 4.78 is 0. The number of aryl methyl sites for hydroxylation is 1. The number of nitrogens with two attached hydrogens (primary N) is 1. The number of benzene rings is 2. The Morgan fingerprint density at radius 3 is 2.45 bits per heavy atom. The molecule has 0 radical (unpaired) electrons. The molecule has 1 unspecified atom stereocenters. The first kappa shape index (κ1) is 21.2.